The molecule has 0 saturated carbocycles. The highest BCUT2D eigenvalue weighted by Crippen LogP contribution is 2.30. The average molecular weight is 431 g/mol. The van der Waals surface area contributed by atoms with Crippen molar-refractivity contribution in [2.24, 2.45) is 0 Å². The molecule has 0 bridgehead atoms. The Bertz CT molecular complexity index is 727. The van der Waals surface area contributed by atoms with Crippen LogP contribution in [0.5, 0.6) is 0 Å². The molecule has 154 valence electrons. The van der Waals surface area contributed by atoms with Gasteiger partial charge < -0.3 is 9.84 Å². The topological polar surface area (TPSA) is 109 Å². The molecule has 3 atom stereocenters. The van der Waals surface area contributed by atoms with Gasteiger partial charge in [-0.15, -0.1) is 11.3 Å². The Hall–Kier alpha value is -1.28. The molecule has 0 unspecified atom stereocenters. The van der Waals surface area contributed by atoms with Crippen molar-refractivity contribution in [1.29, 1.82) is 0 Å². The van der Waals surface area contributed by atoms with Crippen molar-refractivity contribution in [3.8, 4) is 0 Å². The van der Waals surface area contributed by atoms with E-state index in [2.05, 4.69) is 14.6 Å². The molecule has 2 N–H and O–H groups in total. The number of carbonyl (C=O) groups is 1. The van der Waals surface area contributed by atoms with Gasteiger partial charge in [-0.05, 0) is 12.8 Å². The summed E-state index contributed by atoms with van der Waals surface area (Å²) in [6.45, 7) is 2.17. The predicted molar refractivity (Wildman–Crippen MR) is 90.7 cm³/mol. The molecule has 2 aliphatic rings. The van der Waals surface area contributed by atoms with Gasteiger partial charge in [-0.3, -0.25) is 4.90 Å². The molecular formula is C14H20F3N3O5S2. The van der Waals surface area contributed by atoms with Crippen molar-refractivity contribution < 1.29 is 36.2 Å². The number of fused-ring (bicyclic) bond motifs is 1. The Morgan fingerprint density at radius 2 is 2.19 bits per heavy atom. The molecule has 2 saturated heterocycles. The lowest BCUT2D eigenvalue weighted by Crippen LogP contribution is -2.47. The van der Waals surface area contributed by atoms with E-state index >= 15 is 0 Å². The van der Waals surface area contributed by atoms with E-state index in [0.29, 0.717) is 13.2 Å². The molecule has 0 amide bonds. The number of ether oxygens (including phenoxy) is 1. The van der Waals surface area contributed by atoms with Gasteiger partial charge in [0.2, 0.25) is 10.0 Å². The van der Waals surface area contributed by atoms with Crippen molar-refractivity contribution in [2.75, 3.05) is 19.4 Å². The number of likely N-dealkylation sites (tertiary alicyclic amines) is 1. The van der Waals surface area contributed by atoms with Gasteiger partial charge in [0.25, 0.3) is 0 Å². The molecule has 0 spiro atoms. The van der Waals surface area contributed by atoms with Crippen LogP contribution in [0, 0.1) is 0 Å². The van der Waals surface area contributed by atoms with E-state index in [1.54, 1.807) is 17.5 Å². The molecule has 1 aromatic heterocycles. The lowest BCUT2D eigenvalue weighted by atomic mass is 10.0. The number of carboxylic acid groups (broad SMARTS) is 1. The van der Waals surface area contributed by atoms with Gasteiger partial charge in [-0.1, -0.05) is 0 Å². The van der Waals surface area contributed by atoms with Gasteiger partial charge in [-0.25, -0.2) is 22.9 Å². The summed E-state index contributed by atoms with van der Waals surface area (Å²) in [7, 11) is -3.21. The molecule has 0 radical (unpaired) electrons. The first-order valence-electron chi connectivity index (χ1n) is 7.99. The largest absolute Gasteiger partial charge is 0.490 e. The Morgan fingerprint density at radius 1 is 1.52 bits per heavy atom. The maximum absolute atomic E-state index is 11.5. The van der Waals surface area contributed by atoms with E-state index in [1.165, 1.54) is 6.26 Å². The summed E-state index contributed by atoms with van der Waals surface area (Å²) < 4.78 is 63.3. The number of aromatic nitrogens is 1. The maximum Gasteiger partial charge on any atom is 0.490 e. The summed E-state index contributed by atoms with van der Waals surface area (Å²) in [5, 5.41) is 10.2. The number of hydrogen-bond acceptors (Lipinski definition) is 7. The summed E-state index contributed by atoms with van der Waals surface area (Å²) in [6.07, 6.45) is -0.0386. The molecule has 3 heterocycles. The fraction of sp³-hybridized carbons (Fsp3) is 0.714. The van der Waals surface area contributed by atoms with E-state index in [1.807, 2.05) is 5.38 Å². The molecule has 2 aliphatic heterocycles. The van der Waals surface area contributed by atoms with Gasteiger partial charge in [0.1, 0.15) is 5.01 Å². The van der Waals surface area contributed by atoms with Crippen LogP contribution in [0.3, 0.4) is 0 Å². The number of thiazole rings is 1. The number of halogens is 3. The zero-order valence-electron chi connectivity index (χ0n) is 14.3. The predicted octanol–water partition coefficient (Wildman–Crippen LogP) is 1.06. The van der Waals surface area contributed by atoms with Crippen LogP contribution in [-0.4, -0.2) is 73.1 Å². The third kappa shape index (κ3) is 6.68. The molecule has 1 aromatic rings. The number of nitrogens with one attached hydrogen (secondary N) is 1. The van der Waals surface area contributed by atoms with Crippen molar-refractivity contribution in [3.05, 3.63) is 16.6 Å². The summed E-state index contributed by atoms with van der Waals surface area (Å²) in [5.74, 6) is -2.76. The molecule has 27 heavy (non-hydrogen) atoms. The zero-order valence-corrected chi connectivity index (χ0v) is 16.0. The maximum atomic E-state index is 11.5. The lowest BCUT2D eigenvalue weighted by molar-refractivity contribution is -0.192. The fourth-order valence-electron chi connectivity index (χ4n) is 3.12. The smallest absolute Gasteiger partial charge is 0.475 e. The van der Waals surface area contributed by atoms with Crippen LogP contribution in [0.4, 0.5) is 13.2 Å². The first-order valence-corrected chi connectivity index (χ1v) is 10.8. The van der Waals surface area contributed by atoms with E-state index in [4.69, 9.17) is 14.6 Å². The highest BCUT2D eigenvalue weighted by Gasteiger charge is 2.45. The summed E-state index contributed by atoms with van der Waals surface area (Å²) >= 11 is 1.63. The van der Waals surface area contributed by atoms with Crippen LogP contribution >= 0.6 is 11.3 Å². The third-order valence-corrected chi connectivity index (χ3v) is 5.56. The van der Waals surface area contributed by atoms with Crippen LogP contribution in [-0.2, 0) is 26.1 Å². The van der Waals surface area contributed by atoms with E-state index in [9.17, 15) is 21.6 Å². The molecule has 0 aliphatic carbocycles. The van der Waals surface area contributed by atoms with Gasteiger partial charge >= 0.3 is 12.1 Å². The van der Waals surface area contributed by atoms with Gasteiger partial charge in [0.05, 0.1) is 24.9 Å². The number of carboxylic acids is 1. The van der Waals surface area contributed by atoms with Crippen molar-refractivity contribution in [1.82, 2.24) is 14.6 Å². The van der Waals surface area contributed by atoms with E-state index in [0.717, 1.165) is 24.4 Å². The summed E-state index contributed by atoms with van der Waals surface area (Å²) in [5.41, 5.74) is 0. The number of rotatable bonds is 4. The number of hydrogen-bond donors (Lipinski definition) is 2. The zero-order chi connectivity index (χ0) is 20.2. The van der Waals surface area contributed by atoms with Crippen molar-refractivity contribution >= 4 is 27.3 Å². The quantitative estimate of drug-likeness (QED) is 0.734. The highest BCUT2D eigenvalue weighted by atomic mass is 32.2. The fourth-order valence-corrected chi connectivity index (χ4v) is 4.52. The van der Waals surface area contributed by atoms with Gasteiger partial charge in [0, 0.05) is 30.8 Å². The van der Waals surface area contributed by atoms with Crippen LogP contribution in [0.2, 0.25) is 0 Å². The first kappa shape index (κ1) is 22.0. The monoisotopic (exact) mass is 431 g/mol. The van der Waals surface area contributed by atoms with Crippen molar-refractivity contribution in [2.45, 2.75) is 43.8 Å². The minimum atomic E-state index is -5.08. The summed E-state index contributed by atoms with van der Waals surface area (Å²) in [6, 6.07) is 0.127. The van der Waals surface area contributed by atoms with Crippen LogP contribution in [0.25, 0.3) is 0 Å². The highest BCUT2D eigenvalue weighted by molar-refractivity contribution is 7.88. The second-order valence-corrected chi connectivity index (χ2v) is 8.96. The SMILES string of the molecule is CS(=O)(=O)N[C@@H]1CN(Cc2nccs2)[C@@H]2CCCO[C@@H]21.O=C(O)C(F)(F)F. The second-order valence-electron chi connectivity index (χ2n) is 6.20. The standard InChI is InChI=1S/C12H19N3O3S2.C2HF3O2/c1-20(16,17)14-9-7-15(8-11-13-4-6-19-11)10-3-2-5-18-12(9)10;3-2(4,5)1(6)7/h4,6,9-10,12,14H,2-3,5,7-8H2,1H3;(H,6,7)/t9-,10-,12-;/m1./s1. The van der Waals surface area contributed by atoms with Gasteiger partial charge in [0.15, 0.2) is 0 Å². The van der Waals surface area contributed by atoms with Crippen LogP contribution in [0.1, 0.15) is 17.8 Å². The van der Waals surface area contributed by atoms with Crippen LogP contribution in [0.15, 0.2) is 11.6 Å². The summed E-state index contributed by atoms with van der Waals surface area (Å²) in [4.78, 5) is 15.5. The van der Waals surface area contributed by atoms with Crippen molar-refractivity contribution in [3.63, 3.8) is 0 Å². The number of aliphatic carboxylic acids is 1. The van der Waals surface area contributed by atoms with Crippen LogP contribution < -0.4 is 4.72 Å². The Morgan fingerprint density at radius 3 is 2.70 bits per heavy atom. The van der Waals surface area contributed by atoms with E-state index < -0.39 is 22.2 Å². The lowest BCUT2D eigenvalue weighted by Gasteiger charge is -2.32. The Labute approximate surface area is 158 Å². The number of sulfonamides is 1. The van der Waals surface area contributed by atoms with Gasteiger partial charge in [-0.2, -0.15) is 13.2 Å². The second kappa shape index (κ2) is 8.82. The molecule has 3 rings (SSSR count). The Balaban J connectivity index is 0.000000321. The molecule has 8 nitrogen and oxygen atoms in total. The minimum absolute atomic E-state index is 0.0431. The van der Waals surface area contributed by atoms with E-state index in [-0.39, 0.29) is 18.2 Å². The minimum Gasteiger partial charge on any atom is -0.475 e. The normalized spacial score (nSPS) is 26.1. The molecule has 13 heteroatoms. The number of nitrogens with zero attached hydrogens (tertiary/aromatic N) is 2. The molecular weight excluding hydrogens is 411 g/mol. The molecule has 0 aromatic carbocycles. The Kier molecular flexibility index (Phi) is 7.19. The molecule has 2 fully saturated rings. The third-order valence-electron chi connectivity index (χ3n) is 4.06. The average Bonchev–Trinajstić information content (AvgIpc) is 3.15. The number of alkyl halides is 3. The first-order chi connectivity index (χ1) is 12.5.